The third-order valence-corrected chi connectivity index (χ3v) is 0.302. The van der Waals surface area contributed by atoms with Gasteiger partial charge in [-0.3, -0.25) is 4.79 Å². The Balaban J connectivity index is 2.85. The zero-order chi connectivity index (χ0) is 4.28. The Morgan fingerprint density at radius 3 is 2.20 bits per heavy atom. The highest BCUT2D eigenvalue weighted by molar-refractivity contribution is 5.66. The minimum absolute atomic E-state index is 0.222. The van der Waals surface area contributed by atoms with Crippen LogP contribution >= 0.6 is 0 Å². The van der Waals surface area contributed by atoms with Crippen molar-refractivity contribution in [1.29, 1.82) is 0 Å². The molecule has 0 saturated carbocycles. The summed E-state index contributed by atoms with van der Waals surface area (Å²) in [6.07, 6.45) is 0.222. The van der Waals surface area contributed by atoms with Gasteiger partial charge in [0.15, 0.2) is 0 Å². The van der Waals surface area contributed by atoms with E-state index < -0.39 is 5.97 Å². The molecule has 2 nitrogen and oxygen atoms in total. The van der Waals surface area contributed by atoms with Crippen LogP contribution in [-0.2, 0) is 4.79 Å². The van der Waals surface area contributed by atoms with Gasteiger partial charge in [-0.2, -0.15) is 0 Å². The molecule has 0 aliphatic heterocycles. The van der Waals surface area contributed by atoms with Gasteiger partial charge in [-0.25, -0.2) is 0 Å². The Hall–Kier alpha value is -0.530. The number of aliphatic carboxylic acids is 1. The summed E-state index contributed by atoms with van der Waals surface area (Å²) in [5.74, 6) is -0.745. The lowest BCUT2D eigenvalue weighted by Crippen LogP contribution is -1.86. The molecule has 5 heavy (non-hydrogen) atoms. The molecule has 0 atom stereocenters. The molecule has 30 valence electrons. The lowest BCUT2D eigenvalue weighted by molar-refractivity contribution is -0.136. The standard InChI is InChI=1S/C3H6O2/c1-2-3(4)5/h2H2,1H3,(H,4,5)/i3+1. The molecular weight excluding hydrogens is 69.0 g/mol. The number of rotatable bonds is 1. The van der Waals surface area contributed by atoms with E-state index in [0.717, 1.165) is 0 Å². The average molecular weight is 75.1 g/mol. The van der Waals surface area contributed by atoms with Gasteiger partial charge in [-0.05, 0) is 0 Å². The normalized spacial score (nSPS) is 7.40. The summed E-state index contributed by atoms with van der Waals surface area (Å²) in [7, 11) is 0. The van der Waals surface area contributed by atoms with Gasteiger partial charge >= 0.3 is 5.97 Å². The first kappa shape index (κ1) is 4.47. The molecule has 0 unspecified atom stereocenters. The van der Waals surface area contributed by atoms with Crippen molar-refractivity contribution in [1.82, 2.24) is 0 Å². The van der Waals surface area contributed by atoms with Crippen LogP contribution in [0.15, 0.2) is 0 Å². The second-order valence-electron chi connectivity index (χ2n) is 0.747. The molecule has 0 aliphatic rings. The van der Waals surface area contributed by atoms with Gasteiger partial charge in [-0.1, -0.05) is 6.92 Å². The van der Waals surface area contributed by atoms with E-state index >= 15 is 0 Å². The van der Waals surface area contributed by atoms with E-state index in [9.17, 15) is 4.79 Å². The average Bonchev–Trinajstić information content (AvgIpc) is 1.38. The molecule has 0 spiro atoms. The first-order valence-electron chi connectivity index (χ1n) is 1.49. The Labute approximate surface area is 30.4 Å². The summed E-state index contributed by atoms with van der Waals surface area (Å²) in [6.45, 7) is 1.60. The van der Waals surface area contributed by atoms with E-state index in [1.54, 1.807) is 6.92 Å². The smallest absolute Gasteiger partial charge is 0.303 e. The predicted molar refractivity (Wildman–Crippen MR) is 17.9 cm³/mol. The highest BCUT2D eigenvalue weighted by Crippen LogP contribution is 1.67. The molecule has 0 amide bonds. The SMILES string of the molecule is CC[13C](=O)O. The summed E-state index contributed by atoms with van der Waals surface area (Å²) in [5.41, 5.74) is 0. The lowest BCUT2D eigenvalue weighted by atomic mass is 10.7. The molecule has 2 heteroatoms. The van der Waals surface area contributed by atoms with Crippen LogP contribution in [-0.4, -0.2) is 11.1 Å². The molecule has 0 fully saturated rings. The second-order valence-corrected chi connectivity index (χ2v) is 0.747. The van der Waals surface area contributed by atoms with Crippen LogP contribution in [0.3, 0.4) is 0 Å². The van der Waals surface area contributed by atoms with Gasteiger partial charge in [0, 0.05) is 6.42 Å². The molecule has 0 aliphatic carbocycles. The summed E-state index contributed by atoms with van der Waals surface area (Å²) in [5, 5.41) is 7.72. The summed E-state index contributed by atoms with van der Waals surface area (Å²) >= 11 is 0. The van der Waals surface area contributed by atoms with Crippen LogP contribution in [0.4, 0.5) is 0 Å². The van der Waals surface area contributed by atoms with E-state index in [1.165, 1.54) is 0 Å². The van der Waals surface area contributed by atoms with Gasteiger partial charge in [0.2, 0.25) is 0 Å². The van der Waals surface area contributed by atoms with Crippen LogP contribution < -0.4 is 0 Å². The zero-order valence-corrected chi connectivity index (χ0v) is 3.06. The maximum Gasteiger partial charge on any atom is 0.303 e. The van der Waals surface area contributed by atoms with Gasteiger partial charge in [-0.15, -0.1) is 0 Å². The topological polar surface area (TPSA) is 37.3 Å². The van der Waals surface area contributed by atoms with E-state index in [0.29, 0.717) is 0 Å². The van der Waals surface area contributed by atoms with Gasteiger partial charge in [0.1, 0.15) is 0 Å². The van der Waals surface area contributed by atoms with Crippen molar-refractivity contribution < 1.29 is 9.90 Å². The molecule has 1 N–H and O–H groups in total. The molecule has 0 heterocycles. The molecule has 0 rings (SSSR count). The molecule has 0 bridgehead atoms. The zero-order valence-electron chi connectivity index (χ0n) is 3.06. The van der Waals surface area contributed by atoms with Crippen LogP contribution in [0.2, 0.25) is 0 Å². The fourth-order valence-corrected chi connectivity index (χ4v) is 0. The van der Waals surface area contributed by atoms with Crippen LogP contribution in [0.5, 0.6) is 0 Å². The minimum Gasteiger partial charge on any atom is -0.481 e. The van der Waals surface area contributed by atoms with E-state index in [-0.39, 0.29) is 6.42 Å². The first-order valence-corrected chi connectivity index (χ1v) is 1.49. The van der Waals surface area contributed by atoms with Crippen LogP contribution in [0.1, 0.15) is 13.3 Å². The second kappa shape index (κ2) is 1.76. The van der Waals surface area contributed by atoms with Crippen molar-refractivity contribution in [3.8, 4) is 0 Å². The fourth-order valence-electron chi connectivity index (χ4n) is 0. The van der Waals surface area contributed by atoms with Crippen LogP contribution in [0.25, 0.3) is 0 Å². The van der Waals surface area contributed by atoms with Crippen molar-refractivity contribution in [2.24, 2.45) is 0 Å². The molecule has 0 saturated heterocycles. The van der Waals surface area contributed by atoms with E-state index in [4.69, 9.17) is 5.11 Å². The van der Waals surface area contributed by atoms with E-state index in [2.05, 4.69) is 0 Å². The number of carboxylic acid groups (broad SMARTS) is 1. The number of hydrogen-bond acceptors (Lipinski definition) is 1. The molecule has 0 radical (unpaired) electrons. The molecule has 0 aromatic rings. The number of hydrogen-bond donors (Lipinski definition) is 1. The van der Waals surface area contributed by atoms with E-state index in [1.807, 2.05) is 0 Å². The maximum atomic E-state index is 9.37. The third-order valence-electron chi connectivity index (χ3n) is 0.302. The Morgan fingerprint density at radius 1 is 2.00 bits per heavy atom. The summed E-state index contributed by atoms with van der Waals surface area (Å²) < 4.78 is 0. The Bertz CT molecular complexity index is 40.2. The van der Waals surface area contributed by atoms with Crippen molar-refractivity contribution in [2.75, 3.05) is 0 Å². The number of carboxylic acids is 1. The van der Waals surface area contributed by atoms with Crippen molar-refractivity contribution in [2.45, 2.75) is 13.3 Å². The van der Waals surface area contributed by atoms with Crippen molar-refractivity contribution >= 4 is 5.97 Å². The van der Waals surface area contributed by atoms with Crippen molar-refractivity contribution in [3.63, 3.8) is 0 Å². The molecule has 0 aromatic carbocycles. The van der Waals surface area contributed by atoms with Crippen molar-refractivity contribution in [3.05, 3.63) is 0 Å². The quantitative estimate of drug-likeness (QED) is 0.460. The third kappa shape index (κ3) is 3.47. The Morgan fingerprint density at radius 2 is 2.20 bits per heavy atom. The predicted octanol–water partition coefficient (Wildman–Crippen LogP) is 0.481. The van der Waals surface area contributed by atoms with Crippen LogP contribution in [0, 0.1) is 0 Å². The highest BCUT2D eigenvalue weighted by atomic mass is 16.5. The monoisotopic (exact) mass is 75.0 g/mol. The molecule has 0 aromatic heterocycles. The minimum atomic E-state index is -0.745. The fraction of sp³-hybridized carbons (Fsp3) is 0.667. The largest absolute Gasteiger partial charge is 0.481 e. The summed E-state index contributed by atoms with van der Waals surface area (Å²) in [4.78, 5) is 9.37. The maximum absolute atomic E-state index is 9.37. The lowest BCUT2D eigenvalue weighted by Gasteiger charge is -1.71. The highest BCUT2D eigenvalue weighted by Gasteiger charge is 1.80. The van der Waals surface area contributed by atoms with Gasteiger partial charge < -0.3 is 5.11 Å². The van der Waals surface area contributed by atoms with Gasteiger partial charge in [0.25, 0.3) is 0 Å². The Kier molecular flexibility index (Phi) is 1.57. The first-order chi connectivity index (χ1) is 2.27. The molecular formula is C3H6O2. The number of carbonyl (C=O) groups is 1. The van der Waals surface area contributed by atoms with Gasteiger partial charge in [0.05, 0.1) is 0 Å². The summed E-state index contributed by atoms with van der Waals surface area (Å²) in [6, 6.07) is 0.